The summed E-state index contributed by atoms with van der Waals surface area (Å²) in [6.45, 7) is 2.09. The Kier molecular flexibility index (Phi) is 4.87. The predicted molar refractivity (Wildman–Crippen MR) is 114 cm³/mol. The smallest absolute Gasteiger partial charge is 0.149 e. The van der Waals surface area contributed by atoms with Gasteiger partial charge in [-0.25, -0.2) is 0 Å². The van der Waals surface area contributed by atoms with Gasteiger partial charge in [0, 0.05) is 16.7 Å². The average molecular weight is 419 g/mol. The highest BCUT2D eigenvalue weighted by molar-refractivity contribution is 9.10. The van der Waals surface area contributed by atoms with Crippen molar-refractivity contribution in [2.45, 2.75) is 6.92 Å². The molecule has 0 saturated heterocycles. The number of halogens is 1. The van der Waals surface area contributed by atoms with Crippen molar-refractivity contribution in [1.29, 1.82) is 0 Å². The Labute approximate surface area is 167 Å². The Bertz CT molecular complexity index is 1050. The summed E-state index contributed by atoms with van der Waals surface area (Å²) in [5, 5.41) is 0. The maximum absolute atomic E-state index is 6.39. The molecule has 0 atom stereocenters. The van der Waals surface area contributed by atoms with Crippen molar-refractivity contribution < 1.29 is 9.15 Å². The second kappa shape index (κ2) is 7.45. The number of hydrogen-bond donors (Lipinski definition) is 0. The second-order valence-corrected chi connectivity index (χ2v) is 7.20. The lowest BCUT2D eigenvalue weighted by Crippen LogP contribution is -1.84. The van der Waals surface area contributed by atoms with E-state index in [2.05, 4.69) is 59.3 Å². The highest BCUT2D eigenvalue weighted by atomic mass is 79.9. The first-order chi connectivity index (χ1) is 13.2. The summed E-state index contributed by atoms with van der Waals surface area (Å²) in [4.78, 5) is 0. The van der Waals surface area contributed by atoms with Crippen LogP contribution in [0.2, 0.25) is 0 Å². The van der Waals surface area contributed by atoms with Crippen LogP contribution >= 0.6 is 15.9 Å². The van der Waals surface area contributed by atoms with E-state index in [1.807, 2.05) is 42.5 Å². The number of furan rings is 1. The first kappa shape index (κ1) is 17.6. The summed E-state index contributed by atoms with van der Waals surface area (Å²) < 4.78 is 12.6. The molecule has 1 heterocycles. The lowest BCUT2D eigenvalue weighted by Gasteiger charge is -2.06. The van der Waals surface area contributed by atoms with E-state index in [1.54, 1.807) is 7.11 Å². The first-order valence-electron chi connectivity index (χ1n) is 8.76. The normalized spacial score (nSPS) is 10.8. The van der Waals surface area contributed by atoms with Crippen molar-refractivity contribution in [1.82, 2.24) is 0 Å². The van der Waals surface area contributed by atoms with Crippen molar-refractivity contribution in [3.63, 3.8) is 0 Å². The van der Waals surface area contributed by atoms with Crippen molar-refractivity contribution >= 4 is 15.9 Å². The summed E-state index contributed by atoms with van der Waals surface area (Å²) in [6, 6.07) is 26.6. The van der Waals surface area contributed by atoms with Gasteiger partial charge in [0.15, 0.2) is 0 Å². The zero-order chi connectivity index (χ0) is 18.8. The van der Waals surface area contributed by atoms with Crippen LogP contribution in [0, 0.1) is 6.92 Å². The fraction of sp³-hybridized carbons (Fsp3) is 0.0833. The number of ether oxygens (including phenoxy) is 1. The molecule has 1 aromatic heterocycles. The molecule has 134 valence electrons. The molecule has 3 heteroatoms. The van der Waals surface area contributed by atoms with Crippen LogP contribution in [0.15, 0.2) is 87.8 Å². The molecule has 0 unspecified atom stereocenters. The quantitative estimate of drug-likeness (QED) is 0.345. The van der Waals surface area contributed by atoms with E-state index in [9.17, 15) is 0 Å². The van der Waals surface area contributed by atoms with Crippen LogP contribution in [-0.4, -0.2) is 7.11 Å². The molecule has 4 rings (SSSR count). The second-order valence-electron chi connectivity index (χ2n) is 6.41. The first-order valence-corrected chi connectivity index (χ1v) is 9.56. The molecule has 27 heavy (non-hydrogen) atoms. The van der Waals surface area contributed by atoms with E-state index in [0.717, 1.165) is 44.0 Å². The van der Waals surface area contributed by atoms with Gasteiger partial charge in [-0.2, -0.15) is 0 Å². The van der Waals surface area contributed by atoms with E-state index in [1.165, 1.54) is 5.56 Å². The van der Waals surface area contributed by atoms with Gasteiger partial charge >= 0.3 is 0 Å². The van der Waals surface area contributed by atoms with Crippen LogP contribution < -0.4 is 4.74 Å². The summed E-state index contributed by atoms with van der Waals surface area (Å²) >= 11 is 3.80. The van der Waals surface area contributed by atoms with E-state index in [0.29, 0.717) is 0 Å². The van der Waals surface area contributed by atoms with Gasteiger partial charge in [0.25, 0.3) is 0 Å². The Morgan fingerprint density at radius 1 is 0.704 bits per heavy atom. The SMILES string of the molecule is COc1ccc(-c2oc(-c3ccccc3)c(Br)c2-c2ccc(C)cc2)cc1. The molecule has 0 aliphatic carbocycles. The number of aryl methyl sites for hydroxylation is 1. The highest BCUT2D eigenvalue weighted by Gasteiger charge is 2.22. The maximum atomic E-state index is 6.39. The molecular formula is C24H19BrO2. The van der Waals surface area contributed by atoms with Crippen molar-refractivity contribution in [2.24, 2.45) is 0 Å². The Morgan fingerprint density at radius 3 is 1.93 bits per heavy atom. The standard InChI is InChI=1S/C24H19BrO2/c1-16-8-10-17(11-9-16)21-22(25)24(18-6-4-3-5-7-18)27-23(21)19-12-14-20(26-2)15-13-19/h3-15H,1-2H3. The molecule has 0 fully saturated rings. The fourth-order valence-corrected chi connectivity index (χ4v) is 3.83. The molecule has 0 spiro atoms. The van der Waals surface area contributed by atoms with E-state index in [-0.39, 0.29) is 0 Å². The Hall–Kier alpha value is -2.78. The fourth-order valence-electron chi connectivity index (χ4n) is 3.11. The van der Waals surface area contributed by atoms with Gasteiger partial charge in [-0.1, -0.05) is 60.2 Å². The van der Waals surface area contributed by atoms with Crippen LogP contribution in [0.1, 0.15) is 5.56 Å². The van der Waals surface area contributed by atoms with Crippen LogP contribution in [0.4, 0.5) is 0 Å². The lowest BCUT2D eigenvalue weighted by molar-refractivity contribution is 0.415. The molecule has 3 aromatic carbocycles. The van der Waals surface area contributed by atoms with Crippen LogP contribution in [0.3, 0.4) is 0 Å². The van der Waals surface area contributed by atoms with Crippen LogP contribution in [0.5, 0.6) is 5.75 Å². The molecule has 2 nitrogen and oxygen atoms in total. The number of benzene rings is 3. The summed E-state index contributed by atoms with van der Waals surface area (Å²) in [5.74, 6) is 2.49. The van der Waals surface area contributed by atoms with E-state index >= 15 is 0 Å². The third-order valence-corrected chi connectivity index (χ3v) is 5.34. The van der Waals surface area contributed by atoms with Crippen molar-refractivity contribution in [2.75, 3.05) is 7.11 Å². The van der Waals surface area contributed by atoms with Crippen molar-refractivity contribution in [3.05, 3.63) is 88.9 Å². The van der Waals surface area contributed by atoms with Gasteiger partial charge in [-0.3, -0.25) is 0 Å². The predicted octanol–water partition coefficient (Wildman–Crippen LogP) is 7.36. The van der Waals surface area contributed by atoms with Gasteiger partial charge in [0.2, 0.25) is 0 Å². The van der Waals surface area contributed by atoms with Gasteiger partial charge in [0.1, 0.15) is 17.3 Å². The minimum Gasteiger partial charge on any atom is -0.497 e. The molecule has 0 bridgehead atoms. The maximum Gasteiger partial charge on any atom is 0.149 e. The minimum atomic E-state index is 0.824. The summed E-state index contributed by atoms with van der Waals surface area (Å²) in [7, 11) is 1.67. The molecule has 4 aromatic rings. The van der Waals surface area contributed by atoms with Gasteiger partial charge in [-0.15, -0.1) is 0 Å². The zero-order valence-electron chi connectivity index (χ0n) is 15.2. The monoisotopic (exact) mass is 418 g/mol. The van der Waals surface area contributed by atoms with Crippen molar-refractivity contribution in [3.8, 4) is 39.5 Å². The van der Waals surface area contributed by atoms with Crippen LogP contribution in [0.25, 0.3) is 33.8 Å². The molecule has 0 amide bonds. The lowest BCUT2D eigenvalue weighted by atomic mass is 10.00. The molecule has 0 radical (unpaired) electrons. The topological polar surface area (TPSA) is 22.4 Å². The summed E-state index contributed by atoms with van der Waals surface area (Å²) in [6.07, 6.45) is 0. The van der Waals surface area contributed by atoms with E-state index in [4.69, 9.17) is 9.15 Å². The number of methoxy groups -OCH3 is 1. The van der Waals surface area contributed by atoms with Gasteiger partial charge < -0.3 is 9.15 Å². The molecule has 0 saturated carbocycles. The van der Waals surface area contributed by atoms with Gasteiger partial charge in [-0.05, 0) is 52.7 Å². The average Bonchev–Trinajstić information content (AvgIpc) is 3.06. The van der Waals surface area contributed by atoms with Crippen LogP contribution in [-0.2, 0) is 0 Å². The highest BCUT2D eigenvalue weighted by Crippen LogP contribution is 2.46. The third kappa shape index (κ3) is 3.43. The van der Waals surface area contributed by atoms with E-state index < -0.39 is 0 Å². The Balaban J connectivity index is 1.93. The molecular weight excluding hydrogens is 400 g/mol. The summed E-state index contributed by atoms with van der Waals surface area (Å²) in [5.41, 5.74) is 5.45. The largest absolute Gasteiger partial charge is 0.497 e. The van der Waals surface area contributed by atoms with Gasteiger partial charge in [0.05, 0.1) is 11.6 Å². The molecule has 0 aliphatic rings. The Morgan fingerprint density at radius 2 is 1.30 bits per heavy atom. The number of hydrogen-bond acceptors (Lipinski definition) is 2. The minimum absolute atomic E-state index is 0.824. The zero-order valence-corrected chi connectivity index (χ0v) is 16.8. The molecule has 0 N–H and O–H groups in total. The third-order valence-electron chi connectivity index (χ3n) is 4.58. The molecule has 0 aliphatic heterocycles. The number of rotatable bonds is 4.